The first-order chi connectivity index (χ1) is 9.72. The molecule has 1 N–H and O–H groups in total. The molecule has 0 spiro atoms. The van der Waals surface area contributed by atoms with Crippen LogP contribution in [0.4, 0.5) is 0 Å². The lowest BCUT2D eigenvalue weighted by Crippen LogP contribution is -2.23. The SMILES string of the molecule is CC(C)NCc1ccoc1CN1Cc2ccccc2C1. The number of furan rings is 1. The molecule has 0 fully saturated rings. The highest BCUT2D eigenvalue weighted by Gasteiger charge is 2.20. The summed E-state index contributed by atoms with van der Waals surface area (Å²) in [6.07, 6.45) is 1.80. The van der Waals surface area contributed by atoms with Gasteiger partial charge in [-0.3, -0.25) is 4.90 Å². The van der Waals surface area contributed by atoms with Crippen molar-refractivity contribution in [3.8, 4) is 0 Å². The van der Waals surface area contributed by atoms with Crippen LogP contribution in [0.15, 0.2) is 41.0 Å². The van der Waals surface area contributed by atoms with Crippen LogP contribution in [-0.4, -0.2) is 10.9 Å². The second kappa shape index (κ2) is 5.81. The summed E-state index contributed by atoms with van der Waals surface area (Å²) >= 11 is 0. The highest BCUT2D eigenvalue weighted by Crippen LogP contribution is 2.25. The molecule has 0 amide bonds. The van der Waals surface area contributed by atoms with Gasteiger partial charge in [0.15, 0.2) is 0 Å². The molecule has 0 saturated carbocycles. The van der Waals surface area contributed by atoms with Crippen LogP contribution in [0.5, 0.6) is 0 Å². The predicted molar refractivity (Wildman–Crippen MR) is 80.1 cm³/mol. The number of benzene rings is 1. The van der Waals surface area contributed by atoms with E-state index in [0.717, 1.165) is 31.9 Å². The Kier molecular flexibility index (Phi) is 3.90. The first-order valence-electron chi connectivity index (χ1n) is 7.30. The first kappa shape index (κ1) is 13.4. The van der Waals surface area contributed by atoms with E-state index in [1.807, 2.05) is 0 Å². The van der Waals surface area contributed by atoms with Crippen LogP contribution in [0, 0.1) is 0 Å². The third kappa shape index (κ3) is 2.94. The number of hydrogen-bond acceptors (Lipinski definition) is 3. The van der Waals surface area contributed by atoms with Gasteiger partial charge in [-0.2, -0.15) is 0 Å². The van der Waals surface area contributed by atoms with Crippen LogP contribution in [0.3, 0.4) is 0 Å². The predicted octanol–water partition coefficient (Wildman–Crippen LogP) is 3.29. The average molecular weight is 270 g/mol. The Hall–Kier alpha value is -1.58. The van der Waals surface area contributed by atoms with Gasteiger partial charge in [0.2, 0.25) is 0 Å². The van der Waals surface area contributed by atoms with Crippen molar-refractivity contribution in [2.75, 3.05) is 0 Å². The molecular weight excluding hydrogens is 248 g/mol. The molecule has 3 rings (SSSR count). The van der Waals surface area contributed by atoms with Crippen LogP contribution in [0.1, 0.15) is 36.3 Å². The largest absolute Gasteiger partial charge is 0.468 e. The smallest absolute Gasteiger partial charge is 0.122 e. The van der Waals surface area contributed by atoms with Crippen molar-refractivity contribution < 1.29 is 4.42 Å². The second-order valence-electron chi connectivity index (χ2n) is 5.82. The maximum atomic E-state index is 5.68. The zero-order chi connectivity index (χ0) is 13.9. The number of rotatable bonds is 5. The van der Waals surface area contributed by atoms with Crippen LogP contribution in [0.25, 0.3) is 0 Å². The van der Waals surface area contributed by atoms with Gasteiger partial charge in [-0.25, -0.2) is 0 Å². The highest BCUT2D eigenvalue weighted by atomic mass is 16.3. The Morgan fingerprint density at radius 2 is 1.85 bits per heavy atom. The van der Waals surface area contributed by atoms with Crippen molar-refractivity contribution in [3.05, 3.63) is 59.0 Å². The number of hydrogen-bond donors (Lipinski definition) is 1. The minimum atomic E-state index is 0.494. The number of nitrogens with one attached hydrogen (secondary N) is 1. The molecule has 1 aromatic carbocycles. The molecule has 1 aliphatic rings. The minimum absolute atomic E-state index is 0.494. The van der Waals surface area contributed by atoms with E-state index in [9.17, 15) is 0 Å². The van der Waals surface area contributed by atoms with Crippen LogP contribution < -0.4 is 5.32 Å². The van der Waals surface area contributed by atoms with E-state index >= 15 is 0 Å². The molecule has 1 aromatic heterocycles. The quantitative estimate of drug-likeness (QED) is 0.903. The van der Waals surface area contributed by atoms with Crippen molar-refractivity contribution in [2.45, 2.75) is 46.1 Å². The van der Waals surface area contributed by atoms with E-state index in [1.165, 1.54) is 16.7 Å². The summed E-state index contributed by atoms with van der Waals surface area (Å²) in [5.74, 6) is 1.09. The number of fused-ring (bicyclic) bond motifs is 1. The fraction of sp³-hybridized carbons (Fsp3) is 0.412. The van der Waals surface area contributed by atoms with E-state index < -0.39 is 0 Å². The van der Waals surface area contributed by atoms with Gasteiger partial charge in [-0.1, -0.05) is 38.1 Å². The average Bonchev–Trinajstić information content (AvgIpc) is 3.02. The topological polar surface area (TPSA) is 28.4 Å². The fourth-order valence-electron chi connectivity index (χ4n) is 2.70. The van der Waals surface area contributed by atoms with E-state index in [0.29, 0.717) is 6.04 Å². The molecule has 3 heteroatoms. The molecule has 3 nitrogen and oxygen atoms in total. The summed E-state index contributed by atoms with van der Waals surface area (Å²) in [7, 11) is 0. The summed E-state index contributed by atoms with van der Waals surface area (Å²) < 4.78 is 5.68. The van der Waals surface area contributed by atoms with Gasteiger partial charge in [0.05, 0.1) is 12.8 Å². The van der Waals surface area contributed by atoms with Gasteiger partial charge in [-0.15, -0.1) is 0 Å². The Labute approximate surface area is 120 Å². The van der Waals surface area contributed by atoms with Gasteiger partial charge >= 0.3 is 0 Å². The monoisotopic (exact) mass is 270 g/mol. The summed E-state index contributed by atoms with van der Waals surface area (Å²) in [6, 6.07) is 11.2. The third-order valence-corrected chi connectivity index (χ3v) is 3.81. The number of nitrogens with zero attached hydrogens (tertiary/aromatic N) is 1. The molecule has 0 unspecified atom stereocenters. The van der Waals surface area contributed by atoms with Crippen molar-refractivity contribution in [1.29, 1.82) is 0 Å². The van der Waals surface area contributed by atoms with Gasteiger partial charge in [-0.05, 0) is 17.2 Å². The normalized spacial score (nSPS) is 14.9. The van der Waals surface area contributed by atoms with Crippen molar-refractivity contribution in [1.82, 2.24) is 10.2 Å². The summed E-state index contributed by atoms with van der Waals surface area (Å²) in [4.78, 5) is 2.43. The van der Waals surface area contributed by atoms with E-state index in [2.05, 4.69) is 54.4 Å². The van der Waals surface area contributed by atoms with Crippen molar-refractivity contribution in [2.24, 2.45) is 0 Å². The molecule has 0 atom stereocenters. The van der Waals surface area contributed by atoms with Crippen molar-refractivity contribution >= 4 is 0 Å². The Balaban J connectivity index is 1.64. The Morgan fingerprint density at radius 3 is 2.50 bits per heavy atom. The molecule has 0 bridgehead atoms. The second-order valence-corrected chi connectivity index (χ2v) is 5.82. The molecule has 0 saturated heterocycles. The van der Waals surface area contributed by atoms with Gasteiger partial charge in [0.25, 0.3) is 0 Å². The highest BCUT2D eigenvalue weighted by molar-refractivity contribution is 5.30. The van der Waals surface area contributed by atoms with Crippen LogP contribution >= 0.6 is 0 Å². The Bertz CT molecular complexity index is 549. The molecule has 0 aliphatic carbocycles. The van der Waals surface area contributed by atoms with Gasteiger partial charge in [0, 0.05) is 31.2 Å². The maximum absolute atomic E-state index is 5.68. The van der Waals surface area contributed by atoms with Crippen molar-refractivity contribution in [3.63, 3.8) is 0 Å². The maximum Gasteiger partial charge on any atom is 0.122 e. The summed E-state index contributed by atoms with van der Waals surface area (Å²) in [5.41, 5.74) is 4.16. The minimum Gasteiger partial charge on any atom is -0.468 e. The molecule has 0 radical (unpaired) electrons. The molecule has 1 aliphatic heterocycles. The van der Waals surface area contributed by atoms with Crippen LogP contribution in [0.2, 0.25) is 0 Å². The summed E-state index contributed by atoms with van der Waals surface area (Å²) in [6.45, 7) is 8.14. The molecule has 106 valence electrons. The first-order valence-corrected chi connectivity index (χ1v) is 7.30. The molecule has 20 heavy (non-hydrogen) atoms. The lowest BCUT2D eigenvalue weighted by atomic mass is 10.1. The zero-order valence-corrected chi connectivity index (χ0v) is 12.2. The lowest BCUT2D eigenvalue weighted by molar-refractivity contribution is 0.249. The fourth-order valence-corrected chi connectivity index (χ4v) is 2.70. The Morgan fingerprint density at radius 1 is 1.15 bits per heavy atom. The molecule has 2 aromatic rings. The summed E-state index contributed by atoms with van der Waals surface area (Å²) in [5, 5.41) is 3.45. The standard InChI is InChI=1S/C17H22N2O/c1-13(2)18-9-14-7-8-20-17(14)12-19-10-15-5-3-4-6-16(15)11-19/h3-8,13,18H,9-12H2,1-2H3. The molecular formula is C17H22N2O. The van der Waals surface area contributed by atoms with E-state index in [4.69, 9.17) is 4.42 Å². The molecule has 2 heterocycles. The zero-order valence-electron chi connectivity index (χ0n) is 12.2. The van der Waals surface area contributed by atoms with Gasteiger partial charge < -0.3 is 9.73 Å². The van der Waals surface area contributed by atoms with Crippen LogP contribution in [-0.2, 0) is 26.2 Å². The van der Waals surface area contributed by atoms with Gasteiger partial charge in [0.1, 0.15) is 5.76 Å². The van der Waals surface area contributed by atoms with E-state index in [1.54, 1.807) is 6.26 Å². The third-order valence-electron chi connectivity index (χ3n) is 3.81. The van der Waals surface area contributed by atoms with E-state index in [-0.39, 0.29) is 0 Å². The lowest BCUT2D eigenvalue weighted by Gasteiger charge is -2.15.